The van der Waals surface area contributed by atoms with Gasteiger partial charge in [-0.3, -0.25) is 0 Å². The van der Waals surface area contributed by atoms with Crippen molar-refractivity contribution in [3.05, 3.63) is 70.1 Å². The number of thiophene rings is 1. The van der Waals surface area contributed by atoms with Gasteiger partial charge in [0.15, 0.2) is 0 Å². The van der Waals surface area contributed by atoms with Crippen LogP contribution < -0.4 is 0 Å². The highest BCUT2D eigenvalue weighted by Crippen LogP contribution is 2.38. The van der Waals surface area contributed by atoms with Crippen LogP contribution in [0.25, 0.3) is 10.1 Å². The fraction of sp³-hybridized carbons (Fsp3) is 0.263. The van der Waals surface area contributed by atoms with Gasteiger partial charge in [0.2, 0.25) is 0 Å². The maximum atomic E-state index is 6.80. The van der Waals surface area contributed by atoms with Gasteiger partial charge in [0.25, 0.3) is 0 Å². The minimum absolute atomic E-state index is 0.0478. The Kier molecular flexibility index (Phi) is 3.48. The van der Waals surface area contributed by atoms with Crippen LogP contribution in [0.5, 0.6) is 0 Å². The molecule has 1 unspecified atom stereocenters. The Balaban J connectivity index is 1.75. The average Bonchev–Trinajstić information content (AvgIpc) is 2.98. The zero-order chi connectivity index (χ0) is 14.2. The van der Waals surface area contributed by atoms with E-state index in [1.54, 1.807) is 11.3 Å². The lowest BCUT2D eigenvalue weighted by Crippen LogP contribution is -2.04. The summed E-state index contributed by atoms with van der Waals surface area (Å²) < 4.78 is 1.32. The molecule has 0 amide bonds. The van der Waals surface area contributed by atoms with E-state index in [2.05, 4.69) is 47.8 Å². The predicted octanol–water partition coefficient (Wildman–Crippen LogP) is 6.11. The second-order valence-corrected chi connectivity index (χ2v) is 7.13. The summed E-state index contributed by atoms with van der Waals surface area (Å²) in [5.74, 6) is 0. The fourth-order valence-corrected chi connectivity index (χ4v) is 4.66. The van der Waals surface area contributed by atoms with Crippen molar-refractivity contribution in [2.75, 3.05) is 0 Å². The Morgan fingerprint density at radius 2 is 1.76 bits per heavy atom. The molecule has 0 saturated heterocycles. The molecule has 106 valence electrons. The van der Waals surface area contributed by atoms with E-state index in [0.29, 0.717) is 0 Å². The molecule has 1 aliphatic rings. The van der Waals surface area contributed by atoms with Crippen molar-refractivity contribution in [2.24, 2.45) is 0 Å². The van der Waals surface area contributed by atoms with Crippen LogP contribution in [0, 0.1) is 0 Å². The number of rotatable bonds is 2. The first-order valence-corrected chi connectivity index (χ1v) is 8.86. The summed E-state index contributed by atoms with van der Waals surface area (Å²) in [6.07, 6.45) is 5.07. The highest BCUT2D eigenvalue weighted by molar-refractivity contribution is 7.17. The molecule has 1 atom stereocenters. The van der Waals surface area contributed by atoms with E-state index >= 15 is 0 Å². The van der Waals surface area contributed by atoms with Gasteiger partial charge in [-0.2, -0.15) is 0 Å². The van der Waals surface area contributed by atoms with E-state index in [4.69, 9.17) is 11.6 Å². The van der Waals surface area contributed by atoms with Gasteiger partial charge < -0.3 is 0 Å². The molecule has 21 heavy (non-hydrogen) atoms. The molecule has 0 bridgehead atoms. The fourth-order valence-electron chi connectivity index (χ4n) is 3.29. The van der Waals surface area contributed by atoms with Crippen molar-refractivity contribution in [1.29, 1.82) is 0 Å². The van der Waals surface area contributed by atoms with E-state index in [-0.39, 0.29) is 5.38 Å². The third kappa shape index (κ3) is 2.39. The van der Waals surface area contributed by atoms with Crippen LogP contribution in [-0.4, -0.2) is 0 Å². The largest absolute Gasteiger partial charge is 0.143 e. The molecular formula is C19H17ClS. The first kappa shape index (κ1) is 13.4. The van der Waals surface area contributed by atoms with Crippen LogP contribution in [0.4, 0.5) is 0 Å². The molecule has 4 rings (SSSR count). The van der Waals surface area contributed by atoms with Crippen LogP contribution in [0.15, 0.2) is 47.8 Å². The van der Waals surface area contributed by atoms with Crippen LogP contribution in [0.3, 0.4) is 0 Å². The summed E-state index contributed by atoms with van der Waals surface area (Å²) in [4.78, 5) is 0. The van der Waals surface area contributed by atoms with Crippen molar-refractivity contribution in [3.8, 4) is 0 Å². The van der Waals surface area contributed by atoms with Crippen LogP contribution >= 0.6 is 22.9 Å². The van der Waals surface area contributed by atoms with Crippen LogP contribution in [-0.2, 0) is 12.8 Å². The summed E-state index contributed by atoms with van der Waals surface area (Å²) >= 11 is 8.58. The third-order valence-corrected chi connectivity index (χ3v) is 5.92. The summed E-state index contributed by atoms with van der Waals surface area (Å²) in [5, 5.41) is 3.45. The van der Waals surface area contributed by atoms with E-state index < -0.39 is 0 Å². The second-order valence-electron chi connectivity index (χ2n) is 5.79. The minimum Gasteiger partial charge on any atom is -0.143 e. The first-order chi connectivity index (χ1) is 10.3. The van der Waals surface area contributed by atoms with E-state index in [0.717, 1.165) is 0 Å². The highest BCUT2D eigenvalue weighted by Gasteiger charge is 2.17. The Labute approximate surface area is 134 Å². The van der Waals surface area contributed by atoms with E-state index in [1.807, 2.05) is 0 Å². The summed E-state index contributed by atoms with van der Waals surface area (Å²) in [5.41, 5.74) is 5.50. The number of aryl methyl sites for hydroxylation is 2. The second kappa shape index (κ2) is 5.47. The lowest BCUT2D eigenvalue weighted by atomic mass is 9.89. The molecule has 3 aromatic rings. The molecule has 2 aromatic carbocycles. The Morgan fingerprint density at radius 1 is 0.952 bits per heavy atom. The molecule has 1 heterocycles. The smallest absolute Gasteiger partial charge is 0.0849 e. The van der Waals surface area contributed by atoms with E-state index in [1.165, 1.54) is 58.0 Å². The van der Waals surface area contributed by atoms with E-state index in [9.17, 15) is 0 Å². The monoisotopic (exact) mass is 312 g/mol. The minimum atomic E-state index is -0.0478. The van der Waals surface area contributed by atoms with Gasteiger partial charge in [0, 0.05) is 4.70 Å². The van der Waals surface area contributed by atoms with Crippen LogP contribution in [0.1, 0.15) is 40.5 Å². The number of hydrogen-bond acceptors (Lipinski definition) is 1. The Bertz CT molecular complexity index is 787. The van der Waals surface area contributed by atoms with Crippen LogP contribution in [0.2, 0.25) is 0 Å². The number of hydrogen-bond donors (Lipinski definition) is 0. The van der Waals surface area contributed by atoms with Crippen molar-refractivity contribution >= 4 is 33.0 Å². The molecule has 2 heteroatoms. The molecular weight excluding hydrogens is 296 g/mol. The third-order valence-electron chi connectivity index (χ3n) is 4.45. The van der Waals surface area contributed by atoms with Gasteiger partial charge in [-0.05, 0) is 64.8 Å². The standard InChI is InChI=1S/C19H17ClS/c20-19(17-12-21-18-8-4-3-7-16(17)18)15-10-9-13-5-1-2-6-14(13)11-15/h3-4,7-12,19H,1-2,5-6H2. The van der Waals surface area contributed by atoms with Gasteiger partial charge in [-0.25, -0.2) is 0 Å². The number of benzene rings is 2. The summed E-state index contributed by atoms with van der Waals surface area (Å²) in [6.45, 7) is 0. The molecule has 0 saturated carbocycles. The normalized spacial score (nSPS) is 15.9. The molecule has 0 nitrogen and oxygen atoms in total. The topological polar surface area (TPSA) is 0 Å². The quantitative estimate of drug-likeness (QED) is 0.501. The van der Waals surface area contributed by atoms with Gasteiger partial charge in [0.05, 0.1) is 5.38 Å². The SMILES string of the molecule is ClC(c1ccc2c(c1)CCCC2)c1csc2ccccc12. The molecule has 0 spiro atoms. The van der Waals surface area contributed by atoms with Crippen molar-refractivity contribution < 1.29 is 0 Å². The van der Waals surface area contributed by atoms with Gasteiger partial charge in [0.1, 0.15) is 0 Å². The van der Waals surface area contributed by atoms with Gasteiger partial charge in [-0.1, -0.05) is 36.4 Å². The maximum Gasteiger partial charge on any atom is 0.0849 e. The number of fused-ring (bicyclic) bond motifs is 2. The lowest BCUT2D eigenvalue weighted by Gasteiger charge is -2.18. The molecule has 0 fully saturated rings. The number of alkyl halides is 1. The molecule has 1 aliphatic carbocycles. The summed E-state index contributed by atoms with van der Waals surface area (Å²) in [7, 11) is 0. The predicted molar refractivity (Wildman–Crippen MR) is 92.6 cm³/mol. The molecule has 1 aromatic heterocycles. The van der Waals surface area contributed by atoms with Crippen molar-refractivity contribution in [2.45, 2.75) is 31.1 Å². The number of halogens is 1. The Morgan fingerprint density at radius 3 is 2.67 bits per heavy atom. The van der Waals surface area contributed by atoms with Gasteiger partial charge in [-0.15, -0.1) is 22.9 Å². The summed E-state index contributed by atoms with van der Waals surface area (Å²) in [6, 6.07) is 15.4. The highest BCUT2D eigenvalue weighted by atomic mass is 35.5. The zero-order valence-corrected chi connectivity index (χ0v) is 13.4. The van der Waals surface area contributed by atoms with Gasteiger partial charge >= 0.3 is 0 Å². The maximum absolute atomic E-state index is 6.80. The average molecular weight is 313 g/mol. The lowest BCUT2D eigenvalue weighted by molar-refractivity contribution is 0.684. The Hall–Kier alpha value is -1.31. The zero-order valence-electron chi connectivity index (χ0n) is 11.8. The van der Waals surface area contributed by atoms with Crippen molar-refractivity contribution in [1.82, 2.24) is 0 Å². The molecule has 0 aliphatic heterocycles. The molecule has 0 N–H and O–H groups in total. The first-order valence-electron chi connectivity index (χ1n) is 7.55. The van der Waals surface area contributed by atoms with Crippen molar-refractivity contribution in [3.63, 3.8) is 0 Å². The molecule has 0 radical (unpaired) electrons.